The first-order valence-electron chi connectivity index (χ1n) is 10.3. The highest BCUT2D eigenvalue weighted by molar-refractivity contribution is 6.30. The van der Waals surface area contributed by atoms with Gasteiger partial charge < -0.3 is 19.1 Å². The molecule has 32 heavy (non-hydrogen) atoms. The van der Waals surface area contributed by atoms with Crippen molar-refractivity contribution in [2.75, 3.05) is 0 Å². The van der Waals surface area contributed by atoms with Crippen molar-refractivity contribution in [2.45, 2.75) is 32.8 Å². The molecule has 3 aromatic carbocycles. The number of benzene rings is 3. The van der Waals surface area contributed by atoms with Gasteiger partial charge in [-0.05, 0) is 79.6 Å². The van der Waals surface area contributed by atoms with E-state index in [0.29, 0.717) is 33.5 Å². The smallest absolute Gasteiger partial charge is 0.344 e. The highest BCUT2D eigenvalue weighted by Crippen LogP contribution is 2.36. The maximum Gasteiger partial charge on any atom is 0.344 e. The van der Waals surface area contributed by atoms with Crippen molar-refractivity contribution in [1.29, 1.82) is 0 Å². The van der Waals surface area contributed by atoms with E-state index < -0.39 is 12.1 Å². The number of carboxylic acids is 1. The van der Waals surface area contributed by atoms with Gasteiger partial charge in [-0.15, -0.1) is 0 Å². The lowest BCUT2D eigenvalue weighted by atomic mass is 9.99. The van der Waals surface area contributed by atoms with Crippen LogP contribution in [0.3, 0.4) is 0 Å². The van der Waals surface area contributed by atoms with E-state index in [1.165, 1.54) is 6.92 Å². The van der Waals surface area contributed by atoms with Crippen molar-refractivity contribution in [3.63, 3.8) is 0 Å². The molecular weight excluding hydrogens is 430 g/mol. The zero-order valence-corrected chi connectivity index (χ0v) is 18.4. The summed E-state index contributed by atoms with van der Waals surface area (Å²) in [4.78, 5) is 11.1. The number of ether oxygens (including phenoxy) is 2. The lowest BCUT2D eigenvalue weighted by Gasteiger charge is -2.12. The van der Waals surface area contributed by atoms with Crippen molar-refractivity contribution in [3.8, 4) is 28.6 Å². The van der Waals surface area contributed by atoms with Crippen molar-refractivity contribution in [3.05, 3.63) is 71.2 Å². The molecule has 1 heterocycles. The van der Waals surface area contributed by atoms with Gasteiger partial charge in [0.2, 0.25) is 0 Å². The highest BCUT2D eigenvalue weighted by Gasteiger charge is 2.18. The van der Waals surface area contributed by atoms with Gasteiger partial charge in [0.1, 0.15) is 22.8 Å². The summed E-state index contributed by atoms with van der Waals surface area (Å²) in [6.07, 6.45) is 0.797. The predicted molar refractivity (Wildman–Crippen MR) is 123 cm³/mol. The molecule has 1 atom stereocenters. The highest BCUT2D eigenvalue weighted by atomic mass is 35.5. The third kappa shape index (κ3) is 4.70. The molecule has 0 saturated carbocycles. The molecule has 0 radical (unpaired) electrons. The van der Waals surface area contributed by atoms with E-state index in [4.69, 9.17) is 30.7 Å². The van der Waals surface area contributed by atoms with Gasteiger partial charge in [0.15, 0.2) is 11.9 Å². The van der Waals surface area contributed by atoms with Gasteiger partial charge in [-0.2, -0.15) is 0 Å². The maximum atomic E-state index is 11.1. The Bertz CT molecular complexity index is 1250. The fourth-order valence-corrected chi connectivity index (χ4v) is 3.54. The van der Waals surface area contributed by atoms with Crippen molar-refractivity contribution in [2.24, 2.45) is 0 Å². The monoisotopic (exact) mass is 451 g/mol. The summed E-state index contributed by atoms with van der Waals surface area (Å²) in [6.45, 7) is 3.59. The maximum absolute atomic E-state index is 11.1. The minimum Gasteiger partial charge on any atom is -0.479 e. The number of carboxylic acid groups (broad SMARTS) is 1. The summed E-state index contributed by atoms with van der Waals surface area (Å²) in [6, 6.07) is 18.2. The Labute approximate surface area is 190 Å². The number of hydrogen-bond donors (Lipinski definition) is 1. The van der Waals surface area contributed by atoms with Crippen LogP contribution in [0.15, 0.2) is 65.2 Å². The number of halogens is 1. The molecule has 4 aromatic rings. The Morgan fingerprint density at radius 1 is 1.06 bits per heavy atom. The molecule has 0 fully saturated rings. The zero-order chi connectivity index (χ0) is 22.7. The second-order valence-corrected chi connectivity index (χ2v) is 7.85. The van der Waals surface area contributed by atoms with Crippen molar-refractivity contribution in [1.82, 2.24) is 5.16 Å². The second kappa shape index (κ2) is 9.32. The fraction of sp³-hybridized carbons (Fsp3) is 0.200. The van der Waals surface area contributed by atoms with Crippen LogP contribution in [0.2, 0.25) is 5.02 Å². The Kier molecular flexibility index (Phi) is 6.32. The molecule has 0 unspecified atom stereocenters. The normalized spacial score (nSPS) is 12.0. The topological polar surface area (TPSA) is 81.8 Å². The standard InChI is InChI=1S/C25H22ClNO5/c1-3-4-16-13-19(31-18-7-5-17(26)6-8-18)9-11-21(16)24-22-14-20(30-15(2)25(28)29)10-12-23(22)27-32-24/h5-15H,3-4H2,1-2H3,(H,28,29)/t15-/m0/s1. The van der Waals surface area contributed by atoms with Crippen molar-refractivity contribution < 1.29 is 23.9 Å². The van der Waals surface area contributed by atoms with Gasteiger partial charge in [0.05, 0.1) is 5.39 Å². The second-order valence-electron chi connectivity index (χ2n) is 7.41. The summed E-state index contributed by atoms with van der Waals surface area (Å²) in [5, 5.41) is 14.7. The Balaban J connectivity index is 1.70. The van der Waals surface area contributed by atoms with Gasteiger partial charge in [0, 0.05) is 10.6 Å². The van der Waals surface area contributed by atoms with Gasteiger partial charge in [-0.1, -0.05) is 30.1 Å². The molecule has 0 amide bonds. The minimum absolute atomic E-state index is 0.441. The fourth-order valence-electron chi connectivity index (χ4n) is 3.41. The molecule has 0 aliphatic heterocycles. The number of rotatable bonds is 8. The van der Waals surface area contributed by atoms with Gasteiger partial charge in [-0.3, -0.25) is 0 Å². The van der Waals surface area contributed by atoms with Crippen LogP contribution in [0.4, 0.5) is 0 Å². The number of aliphatic carboxylic acids is 1. The molecule has 0 spiro atoms. The van der Waals surface area contributed by atoms with E-state index in [-0.39, 0.29) is 0 Å². The first kappa shape index (κ1) is 21.7. The molecule has 4 rings (SSSR count). The molecule has 7 heteroatoms. The van der Waals surface area contributed by atoms with E-state index in [2.05, 4.69) is 12.1 Å². The Morgan fingerprint density at radius 3 is 2.50 bits per heavy atom. The summed E-state index contributed by atoms with van der Waals surface area (Å²) in [5.41, 5.74) is 2.63. The molecular formula is C25H22ClNO5. The molecule has 1 N–H and O–H groups in total. The molecule has 1 aromatic heterocycles. The predicted octanol–water partition coefficient (Wildman–Crippen LogP) is 6.74. The van der Waals surface area contributed by atoms with Gasteiger partial charge in [0.25, 0.3) is 0 Å². The van der Waals surface area contributed by atoms with Gasteiger partial charge in [-0.25, -0.2) is 4.79 Å². The van der Waals surface area contributed by atoms with Crippen LogP contribution in [0.1, 0.15) is 25.8 Å². The van der Waals surface area contributed by atoms with Crippen LogP contribution < -0.4 is 9.47 Å². The SMILES string of the molecule is CCCc1cc(Oc2ccc(Cl)cc2)ccc1-c1onc2ccc(O[C@@H](C)C(=O)O)cc12. The molecule has 164 valence electrons. The van der Waals surface area contributed by atoms with Crippen molar-refractivity contribution >= 4 is 28.5 Å². The third-order valence-corrected chi connectivity index (χ3v) is 5.25. The van der Waals surface area contributed by atoms with E-state index in [1.807, 2.05) is 30.3 Å². The van der Waals surface area contributed by atoms with E-state index >= 15 is 0 Å². The average molecular weight is 452 g/mol. The van der Waals surface area contributed by atoms with E-state index in [0.717, 1.165) is 29.4 Å². The lowest BCUT2D eigenvalue weighted by Crippen LogP contribution is -2.22. The van der Waals surface area contributed by atoms with Crippen LogP contribution in [-0.2, 0) is 11.2 Å². The number of nitrogens with zero attached hydrogens (tertiary/aromatic N) is 1. The number of carbonyl (C=O) groups is 1. The number of fused-ring (bicyclic) bond motifs is 1. The number of aryl methyl sites for hydroxylation is 1. The van der Waals surface area contributed by atoms with Crippen LogP contribution in [0, 0.1) is 0 Å². The molecule has 6 nitrogen and oxygen atoms in total. The van der Waals surface area contributed by atoms with Gasteiger partial charge >= 0.3 is 5.97 Å². The first-order chi connectivity index (χ1) is 15.4. The quantitative estimate of drug-likeness (QED) is 0.319. The average Bonchev–Trinajstić information content (AvgIpc) is 3.19. The zero-order valence-electron chi connectivity index (χ0n) is 17.7. The third-order valence-electron chi connectivity index (χ3n) is 5.00. The molecule has 0 saturated heterocycles. The Hall–Kier alpha value is -3.51. The summed E-state index contributed by atoms with van der Waals surface area (Å²) in [5.74, 6) is 1.43. The van der Waals surface area contributed by atoms with Crippen LogP contribution in [0.5, 0.6) is 17.2 Å². The summed E-state index contributed by atoms with van der Waals surface area (Å²) in [7, 11) is 0. The first-order valence-corrected chi connectivity index (χ1v) is 10.7. The van der Waals surface area contributed by atoms with E-state index in [9.17, 15) is 4.79 Å². The number of hydrogen-bond acceptors (Lipinski definition) is 5. The molecule has 0 aliphatic rings. The minimum atomic E-state index is -1.03. The molecule has 0 bridgehead atoms. The van der Waals surface area contributed by atoms with Crippen LogP contribution >= 0.6 is 11.6 Å². The van der Waals surface area contributed by atoms with Crippen LogP contribution in [0.25, 0.3) is 22.2 Å². The van der Waals surface area contributed by atoms with Crippen LogP contribution in [-0.4, -0.2) is 22.3 Å². The summed E-state index contributed by atoms with van der Waals surface area (Å²) < 4.78 is 17.2. The lowest BCUT2D eigenvalue weighted by molar-refractivity contribution is -0.144. The van der Waals surface area contributed by atoms with E-state index in [1.54, 1.807) is 30.3 Å². The Morgan fingerprint density at radius 2 is 1.78 bits per heavy atom. The molecule has 0 aliphatic carbocycles. The largest absolute Gasteiger partial charge is 0.479 e. The number of aromatic nitrogens is 1. The summed E-state index contributed by atoms with van der Waals surface area (Å²) >= 11 is 5.95.